The lowest BCUT2D eigenvalue weighted by atomic mass is 10.0. The summed E-state index contributed by atoms with van der Waals surface area (Å²) in [5, 5.41) is 2.84. The monoisotopic (exact) mass is 230 g/mol. The van der Waals surface area contributed by atoms with Gasteiger partial charge in [0.1, 0.15) is 0 Å². The highest BCUT2D eigenvalue weighted by atomic mass is 32.1. The van der Waals surface area contributed by atoms with E-state index in [1.807, 2.05) is 0 Å². The molecule has 0 aromatic rings. The first-order valence-electron chi connectivity index (χ1n) is 5.85. The Labute approximate surface area is 98.0 Å². The van der Waals surface area contributed by atoms with Crippen LogP contribution in [0.1, 0.15) is 32.6 Å². The summed E-state index contributed by atoms with van der Waals surface area (Å²) in [6.45, 7) is 5.41. The normalized spacial score (nSPS) is 22.7. The van der Waals surface area contributed by atoms with Crippen molar-refractivity contribution in [3.05, 3.63) is 0 Å². The van der Waals surface area contributed by atoms with Crippen LogP contribution in [0, 0.1) is 0 Å². The minimum atomic E-state index is 0.0324. The number of carbonyl (C=O) groups excluding carboxylic acids is 1. The van der Waals surface area contributed by atoms with Crippen molar-refractivity contribution < 1.29 is 4.79 Å². The Hall–Kier alpha value is -0.220. The smallest absolute Gasteiger partial charge is 0.229 e. The van der Waals surface area contributed by atoms with Gasteiger partial charge >= 0.3 is 0 Å². The van der Waals surface area contributed by atoms with Crippen molar-refractivity contribution in [2.24, 2.45) is 0 Å². The van der Waals surface area contributed by atoms with Gasteiger partial charge in [-0.2, -0.15) is 12.6 Å². The molecule has 1 saturated heterocycles. The minimum absolute atomic E-state index is 0.0324. The van der Waals surface area contributed by atoms with E-state index < -0.39 is 0 Å². The van der Waals surface area contributed by atoms with Crippen LogP contribution >= 0.6 is 12.6 Å². The second-order valence-corrected chi connectivity index (χ2v) is 4.56. The quantitative estimate of drug-likeness (QED) is 0.551. The van der Waals surface area contributed by atoms with E-state index in [2.05, 4.69) is 29.8 Å². The maximum atomic E-state index is 10.9. The van der Waals surface area contributed by atoms with Crippen molar-refractivity contribution in [2.45, 2.75) is 38.6 Å². The number of likely N-dealkylation sites (tertiary alicyclic amines) is 1. The first kappa shape index (κ1) is 12.8. The lowest BCUT2D eigenvalue weighted by Gasteiger charge is -2.33. The summed E-state index contributed by atoms with van der Waals surface area (Å²) >= 11 is 3.91. The van der Waals surface area contributed by atoms with Crippen LogP contribution in [0.25, 0.3) is 0 Å². The minimum Gasteiger partial charge on any atom is -0.355 e. The van der Waals surface area contributed by atoms with Crippen molar-refractivity contribution in [1.82, 2.24) is 10.2 Å². The average molecular weight is 230 g/mol. The zero-order valence-corrected chi connectivity index (χ0v) is 10.4. The highest BCUT2D eigenvalue weighted by Gasteiger charge is 2.16. The molecule has 0 spiro atoms. The first-order chi connectivity index (χ1) is 7.24. The summed E-state index contributed by atoms with van der Waals surface area (Å²) in [4.78, 5) is 13.5. The molecule has 0 radical (unpaired) electrons. The number of thiol groups is 1. The molecule has 0 bridgehead atoms. The van der Waals surface area contributed by atoms with Gasteiger partial charge in [-0.1, -0.05) is 6.42 Å². The van der Waals surface area contributed by atoms with Crippen LogP contribution in [0.5, 0.6) is 0 Å². The Morgan fingerprint density at radius 1 is 1.53 bits per heavy atom. The molecule has 1 fully saturated rings. The largest absolute Gasteiger partial charge is 0.355 e. The Kier molecular flexibility index (Phi) is 6.10. The van der Waals surface area contributed by atoms with Gasteiger partial charge in [0, 0.05) is 19.1 Å². The zero-order chi connectivity index (χ0) is 11.1. The predicted octanol–water partition coefficient (Wildman–Crippen LogP) is 1.30. The highest BCUT2D eigenvalue weighted by Crippen LogP contribution is 2.15. The van der Waals surface area contributed by atoms with Gasteiger partial charge in [-0.25, -0.2) is 0 Å². The molecule has 1 aliphatic rings. The van der Waals surface area contributed by atoms with Gasteiger partial charge in [0.2, 0.25) is 5.91 Å². The topological polar surface area (TPSA) is 32.3 Å². The molecule has 0 aliphatic carbocycles. The number of hydrogen-bond donors (Lipinski definition) is 2. The summed E-state index contributed by atoms with van der Waals surface area (Å²) in [5.41, 5.74) is 0. The second-order valence-electron chi connectivity index (χ2n) is 4.24. The van der Waals surface area contributed by atoms with Gasteiger partial charge in [-0.05, 0) is 32.7 Å². The van der Waals surface area contributed by atoms with Crippen LogP contribution in [0.4, 0.5) is 0 Å². The fraction of sp³-hybridized carbons (Fsp3) is 0.909. The third kappa shape index (κ3) is 4.89. The van der Waals surface area contributed by atoms with Crippen molar-refractivity contribution >= 4 is 18.5 Å². The van der Waals surface area contributed by atoms with Crippen LogP contribution in [-0.2, 0) is 4.79 Å². The molecular formula is C11H22N2OS. The number of rotatable bonds is 5. The van der Waals surface area contributed by atoms with Crippen LogP contribution in [0.15, 0.2) is 0 Å². The van der Waals surface area contributed by atoms with E-state index in [0.29, 0.717) is 5.75 Å². The van der Waals surface area contributed by atoms with Gasteiger partial charge in [-0.3, -0.25) is 4.79 Å². The Morgan fingerprint density at radius 2 is 2.33 bits per heavy atom. The first-order valence-corrected chi connectivity index (χ1v) is 6.49. The molecule has 0 aromatic carbocycles. The van der Waals surface area contributed by atoms with Crippen molar-refractivity contribution in [2.75, 3.05) is 25.4 Å². The van der Waals surface area contributed by atoms with Crippen LogP contribution in [0.3, 0.4) is 0 Å². The summed E-state index contributed by atoms with van der Waals surface area (Å²) in [5.74, 6) is 0.324. The summed E-state index contributed by atoms with van der Waals surface area (Å²) in [6, 6.07) is 0.722. The standard InChI is InChI=1S/C11H22N2OS/c1-10-5-2-3-7-13(10)8-4-6-12-11(14)9-15/h10,15H,2-9H2,1H3,(H,12,14). The third-order valence-corrected chi connectivity index (χ3v) is 3.32. The molecular weight excluding hydrogens is 208 g/mol. The van der Waals surface area contributed by atoms with Crippen molar-refractivity contribution in [3.8, 4) is 0 Å². The van der Waals surface area contributed by atoms with Gasteiger partial charge in [0.05, 0.1) is 5.75 Å². The molecule has 1 amide bonds. The lowest BCUT2D eigenvalue weighted by Crippen LogP contribution is -2.39. The fourth-order valence-corrected chi connectivity index (χ4v) is 2.17. The molecule has 0 aromatic heterocycles. The predicted molar refractivity (Wildman–Crippen MR) is 66.4 cm³/mol. The van der Waals surface area contributed by atoms with Crippen molar-refractivity contribution in [3.63, 3.8) is 0 Å². The van der Waals surface area contributed by atoms with Gasteiger partial charge in [0.25, 0.3) is 0 Å². The fourth-order valence-electron chi connectivity index (χ4n) is 2.06. The van der Waals surface area contributed by atoms with E-state index in [9.17, 15) is 4.79 Å². The molecule has 1 N–H and O–H groups in total. The lowest BCUT2D eigenvalue weighted by molar-refractivity contribution is -0.118. The molecule has 1 heterocycles. The maximum Gasteiger partial charge on any atom is 0.229 e. The molecule has 1 atom stereocenters. The third-order valence-electron chi connectivity index (χ3n) is 3.03. The SMILES string of the molecule is CC1CCCCN1CCCNC(=O)CS. The molecule has 1 unspecified atom stereocenters. The molecule has 1 rings (SSSR count). The molecule has 88 valence electrons. The number of piperidine rings is 1. The van der Waals surface area contributed by atoms with E-state index in [4.69, 9.17) is 0 Å². The van der Waals surface area contributed by atoms with Gasteiger partial charge < -0.3 is 10.2 Å². The summed E-state index contributed by atoms with van der Waals surface area (Å²) < 4.78 is 0. The maximum absolute atomic E-state index is 10.9. The second kappa shape index (κ2) is 7.12. The summed E-state index contributed by atoms with van der Waals surface area (Å²) in [7, 11) is 0. The van der Waals surface area contributed by atoms with Crippen LogP contribution < -0.4 is 5.32 Å². The van der Waals surface area contributed by atoms with E-state index in [0.717, 1.165) is 25.6 Å². The summed E-state index contributed by atoms with van der Waals surface area (Å²) in [6.07, 6.45) is 5.06. The molecule has 1 aliphatic heterocycles. The molecule has 4 heteroatoms. The van der Waals surface area contributed by atoms with Gasteiger partial charge in [-0.15, -0.1) is 0 Å². The molecule has 3 nitrogen and oxygen atoms in total. The molecule has 0 saturated carbocycles. The van der Waals surface area contributed by atoms with Crippen molar-refractivity contribution in [1.29, 1.82) is 0 Å². The van der Waals surface area contributed by atoms with E-state index in [-0.39, 0.29) is 5.91 Å². The van der Waals surface area contributed by atoms with E-state index >= 15 is 0 Å². The zero-order valence-electron chi connectivity index (χ0n) is 9.54. The Bertz CT molecular complexity index is 199. The molecule has 15 heavy (non-hydrogen) atoms. The number of hydrogen-bond acceptors (Lipinski definition) is 3. The number of nitrogens with one attached hydrogen (secondary N) is 1. The van der Waals surface area contributed by atoms with Gasteiger partial charge in [0.15, 0.2) is 0 Å². The van der Waals surface area contributed by atoms with Crippen LogP contribution in [-0.4, -0.2) is 42.2 Å². The average Bonchev–Trinajstić information content (AvgIpc) is 2.26. The highest BCUT2D eigenvalue weighted by molar-refractivity contribution is 7.81. The Balaban J connectivity index is 2.06. The number of nitrogens with zero attached hydrogens (tertiary/aromatic N) is 1. The van der Waals surface area contributed by atoms with E-state index in [1.165, 1.54) is 25.8 Å². The van der Waals surface area contributed by atoms with E-state index in [1.54, 1.807) is 0 Å². The van der Waals surface area contributed by atoms with Crippen LogP contribution in [0.2, 0.25) is 0 Å². The number of carbonyl (C=O) groups is 1. The Morgan fingerprint density at radius 3 is 3.00 bits per heavy atom. The number of amides is 1.